The Morgan fingerprint density at radius 3 is 2.67 bits per heavy atom. The molecule has 3 aromatic heterocycles. The van der Waals surface area contributed by atoms with Gasteiger partial charge in [0.25, 0.3) is 0 Å². The van der Waals surface area contributed by atoms with Gasteiger partial charge in [0.15, 0.2) is 11.6 Å². The number of piperidine rings is 1. The molecular weight excluding hydrogens is 417 g/mol. The van der Waals surface area contributed by atoms with Crippen LogP contribution in [0.2, 0.25) is 0 Å². The van der Waals surface area contributed by atoms with Gasteiger partial charge < -0.3 is 16.4 Å². The van der Waals surface area contributed by atoms with E-state index in [1.165, 1.54) is 17.3 Å². The van der Waals surface area contributed by atoms with Crippen molar-refractivity contribution in [2.45, 2.75) is 32.2 Å². The van der Waals surface area contributed by atoms with E-state index in [2.05, 4.69) is 39.1 Å². The van der Waals surface area contributed by atoms with E-state index < -0.39 is 5.82 Å². The quantitative estimate of drug-likeness (QED) is 0.491. The summed E-state index contributed by atoms with van der Waals surface area (Å²) >= 11 is 0. The van der Waals surface area contributed by atoms with Crippen LogP contribution in [0.15, 0.2) is 48.9 Å². The molecule has 1 aliphatic heterocycles. The monoisotopic (exact) mass is 443 g/mol. The molecule has 4 heterocycles. The molecule has 6 rings (SSSR count). The van der Waals surface area contributed by atoms with Crippen LogP contribution in [0.5, 0.6) is 0 Å². The summed E-state index contributed by atoms with van der Waals surface area (Å²) in [5, 5.41) is 0. The van der Waals surface area contributed by atoms with Gasteiger partial charge in [0.1, 0.15) is 5.65 Å². The zero-order chi connectivity index (χ0) is 22.7. The Kier molecular flexibility index (Phi) is 4.42. The van der Waals surface area contributed by atoms with Crippen LogP contribution in [-0.4, -0.2) is 32.4 Å². The Labute approximate surface area is 191 Å². The highest BCUT2D eigenvalue weighted by Gasteiger charge is 2.46. The predicted molar refractivity (Wildman–Crippen MR) is 126 cm³/mol. The Morgan fingerprint density at radius 1 is 1.09 bits per heavy atom. The maximum Gasteiger partial charge on any atom is 0.211 e. The number of benzene rings is 1. The first kappa shape index (κ1) is 20.1. The van der Waals surface area contributed by atoms with E-state index in [0.717, 1.165) is 38.3 Å². The average molecular weight is 444 g/mol. The Hall–Kier alpha value is -3.52. The van der Waals surface area contributed by atoms with Crippen molar-refractivity contribution < 1.29 is 4.39 Å². The number of fused-ring (bicyclic) bond motifs is 2. The highest BCUT2D eigenvalue weighted by molar-refractivity contribution is 5.82. The summed E-state index contributed by atoms with van der Waals surface area (Å²) in [6, 6.07) is 10.2. The van der Waals surface area contributed by atoms with Crippen molar-refractivity contribution in [2.75, 3.05) is 23.7 Å². The van der Waals surface area contributed by atoms with Gasteiger partial charge in [0.05, 0.1) is 5.69 Å². The van der Waals surface area contributed by atoms with Crippen molar-refractivity contribution in [2.24, 2.45) is 11.1 Å². The van der Waals surface area contributed by atoms with Crippen LogP contribution in [0.1, 0.15) is 35.7 Å². The molecule has 7 nitrogen and oxygen atoms in total. The van der Waals surface area contributed by atoms with Crippen LogP contribution in [0, 0.1) is 18.2 Å². The van der Waals surface area contributed by atoms with E-state index in [1.54, 1.807) is 12.3 Å². The third kappa shape index (κ3) is 2.94. The van der Waals surface area contributed by atoms with Gasteiger partial charge in [-0.15, -0.1) is 0 Å². The van der Waals surface area contributed by atoms with E-state index in [0.29, 0.717) is 22.5 Å². The fourth-order valence-electron chi connectivity index (χ4n) is 5.72. The van der Waals surface area contributed by atoms with Crippen LogP contribution in [0.25, 0.3) is 16.8 Å². The van der Waals surface area contributed by atoms with Crippen LogP contribution < -0.4 is 16.4 Å². The van der Waals surface area contributed by atoms with Crippen molar-refractivity contribution in [3.8, 4) is 11.1 Å². The molecule has 33 heavy (non-hydrogen) atoms. The Balaban J connectivity index is 1.34. The number of hydrogen-bond acceptors (Lipinski definition) is 6. The zero-order valence-electron chi connectivity index (χ0n) is 18.5. The second-order valence-electron chi connectivity index (χ2n) is 9.25. The smallest absolute Gasteiger partial charge is 0.211 e. The van der Waals surface area contributed by atoms with Crippen LogP contribution in [-0.2, 0) is 6.42 Å². The summed E-state index contributed by atoms with van der Waals surface area (Å²) in [7, 11) is 0. The van der Waals surface area contributed by atoms with Gasteiger partial charge in [0.2, 0.25) is 5.95 Å². The lowest BCUT2D eigenvalue weighted by molar-refractivity contribution is 0.187. The minimum atomic E-state index is -0.547. The number of halogens is 1. The van der Waals surface area contributed by atoms with Gasteiger partial charge in [-0.2, -0.15) is 0 Å². The summed E-state index contributed by atoms with van der Waals surface area (Å²) in [4.78, 5) is 15.6. The molecule has 1 aromatic carbocycles. The predicted octanol–water partition coefficient (Wildman–Crippen LogP) is 3.66. The van der Waals surface area contributed by atoms with Crippen LogP contribution in [0.4, 0.5) is 16.2 Å². The molecule has 1 saturated heterocycles. The molecule has 0 amide bonds. The SMILES string of the molecule is Cc1nc(N2CCC3(CC2)Cc2ccccc2[C@H]3N)n2ccnc2c1-c1ccnc(N)c1F. The van der Waals surface area contributed by atoms with Crippen LogP contribution >= 0.6 is 0 Å². The van der Waals surface area contributed by atoms with Crippen molar-refractivity contribution in [3.63, 3.8) is 0 Å². The second kappa shape index (κ2) is 7.25. The highest BCUT2D eigenvalue weighted by atomic mass is 19.1. The first-order valence-corrected chi connectivity index (χ1v) is 11.3. The molecule has 4 aromatic rings. The minimum Gasteiger partial charge on any atom is -0.381 e. The highest BCUT2D eigenvalue weighted by Crippen LogP contribution is 2.51. The summed E-state index contributed by atoms with van der Waals surface area (Å²) in [5.41, 5.74) is 17.6. The van der Waals surface area contributed by atoms with E-state index >= 15 is 0 Å². The molecule has 0 radical (unpaired) electrons. The lowest BCUT2D eigenvalue weighted by Crippen LogP contribution is -2.45. The molecule has 0 saturated carbocycles. The first-order valence-electron chi connectivity index (χ1n) is 11.3. The number of nitrogens with zero attached hydrogens (tertiary/aromatic N) is 5. The number of rotatable bonds is 2. The minimum absolute atomic E-state index is 0.0707. The van der Waals surface area contributed by atoms with Gasteiger partial charge in [-0.05, 0) is 48.8 Å². The number of aryl methyl sites for hydroxylation is 1. The standard InChI is InChI=1S/C25H26FN7/c1-15-19(18-6-9-29-22(28)20(18)26)23-30-10-13-33(23)24(31-15)32-11-7-25(8-12-32)14-16-4-2-3-5-17(16)21(25)27/h2-6,9-10,13,21H,7-8,11-12,14,27H2,1H3,(H2,28,29)/t21-/m1/s1. The molecule has 1 spiro atoms. The molecule has 2 aliphatic rings. The number of imidazole rings is 1. The third-order valence-electron chi connectivity index (χ3n) is 7.53. The molecule has 0 bridgehead atoms. The van der Waals surface area contributed by atoms with Gasteiger partial charge in [-0.3, -0.25) is 4.40 Å². The zero-order valence-corrected chi connectivity index (χ0v) is 18.5. The van der Waals surface area contributed by atoms with E-state index in [4.69, 9.17) is 16.5 Å². The number of nitrogens with two attached hydrogens (primary N) is 2. The lowest BCUT2D eigenvalue weighted by Gasteiger charge is -2.42. The maximum atomic E-state index is 14.8. The van der Waals surface area contributed by atoms with Crippen molar-refractivity contribution in [1.29, 1.82) is 0 Å². The third-order valence-corrected chi connectivity index (χ3v) is 7.53. The number of nitrogen functional groups attached to an aromatic ring is 1. The molecule has 8 heteroatoms. The normalized spacial score (nSPS) is 19.4. The topological polar surface area (TPSA) is 98.4 Å². The fourth-order valence-corrected chi connectivity index (χ4v) is 5.72. The second-order valence-corrected chi connectivity index (χ2v) is 9.25. The maximum absolute atomic E-state index is 14.8. The number of aromatic nitrogens is 4. The van der Waals surface area contributed by atoms with Crippen molar-refractivity contribution >= 4 is 17.4 Å². The van der Waals surface area contributed by atoms with Gasteiger partial charge >= 0.3 is 0 Å². The number of hydrogen-bond donors (Lipinski definition) is 2. The van der Waals surface area contributed by atoms with Gasteiger partial charge in [-0.25, -0.2) is 19.3 Å². The first-order chi connectivity index (χ1) is 16.0. The number of anilines is 2. The molecule has 1 atom stereocenters. The molecular formula is C25H26FN7. The molecule has 1 fully saturated rings. The van der Waals surface area contributed by atoms with E-state index in [-0.39, 0.29) is 17.3 Å². The average Bonchev–Trinajstić information content (AvgIpc) is 3.40. The molecule has 4 N–H and O–H groups in total. The largest absolute Gasteiger partial charge is 0.381 e. The summed E-state index contributed by atoms with van der Waals surface area (Å²) in [6.45, 7) is 3.60. The van der Waals surface area contributed by atoms with Gasteiger partial charge in [-0.1, -0.05) is 24.3 Å². The molecule has 0 unspecified atom stereocenters. The van der Waals surface area contributed by atoms with Crippen molar-refractivity contribution in [3.05, 3.63) is 71.6 Å². The van der Waals surface area contributed by atoms with Crippen LogP contribution in [0.3, 0.4) is 0 Å². The fraction of sp³-hybridized carbons (Fsp3) is 0.320. The summed E-state index contributed by atoms with van der Waals surface area (Å²) in [6.07, 6.45) is 8.14. The van der Waals surface area contributed by atoms with Gasteiger partial charge in [0, 0.05) is 48.8 Å². The summed E-state index contributed by atoms with van der Waals surface area (Å²) in [5.74, 6) is 0.149. The van der Waals surface area contributed by atoms with E-state index in [9.17, 15) is 4.39 Å². The van der Waals surface area contributed by atoms with Crippen molar-refractivity contribution in [1.82, 2.24) is 19.4 Å². The Bertz CT molecular complexity index is 1370. The number of pyridine rings is 1. The molecule has 168 valence electrons. The van der Waals surface area contributed by atoms with E-state index in [1.807, 2.05) is 17.5 Å². The Morgan fingerprint density at radius 2 is 1.88 bits per heavy atom. The molecule has 1 aliphatic carbocycles. The lowest BCUT2D eigenvalue weighted by atomic mass is 9.73. The summed E-state index contributed by atoms with van der Waals surface area (Å²) < 4.78 is 16.7.